The molecule has 0 aliphatic heterocycles. The molecular weight excluding hydrogens is 192 g/mol. The highest BCUT2D eigenvalue weighted by molar-refractivity contribution is 5.18. The zero-order valence-corrected chi connectivity index (χ0v) is 10.7. The van der Waals surface area contributed by atoms with Gasteiger partial charge in [0.2, 0.25) is 0 Å². The molecule has 0 heteroatoms. The molecule has 1 unspecified atom stereocenters. The zero-order valence-electron chi connectivity index (χ0n) is 10.7. The van der Waals surface area contributed by atoms with Crippen LogP contribution in [0.2, 0.25) is 0 Å². The molecule has 0 heterocycles. The summed E-state index contributed by atoms with van der Waals surface area (Å²) in [4.78, 5) is 0. The van der Waals surface area contributed by atoms with E-state index < -0.39 is 0 Å². The van der Waals surface area contributed by atoms with E-state index in [0.717, 1.165) is 19.3 Å². The summed E-state index contributed by atoms with van der Waals surface area (Å²) in [5.74, 6) is 0. The van der Waals surface area contributed by atoms with Crippen LogP contribution in [0.4, 0.5) is 0 Å². The summed E-state index contributed by atoms with van der Waals surface area (Å²) in [5.41, 5.74) is 0.0679. The minimum Gasteiger partial charge on any atom is -0.103 e. The van der Waals surface area contributed by atoms with Crippen molar-refractivity contribution in [3.8, 4) is 0 Å². The topological polar surface area (TPSA) is 0 Å². The summed E-state index contributed by atoms with van der Waals surface area (Å²) < 4.78 is 0. The van der Waals surface area contributed by atoms with Crippen molar-refractivity contribution in [1.82, 2.24) is 0 Å². The summed E-state index contributed by atoms with van der Waals surface area (Å²) in [6, 6.07) is 0. The average molecular weight is 216 g/mol. The van der Waals surface area contributed by atoms with Gasteiger partial charge in [-0.1, -0.05) is 62.1 Å². The van der Waals surface area contributed by atoms with Crippen molar-refractivity contribution >= 4 is 0 Å². The maximum absolute atomic E-state index is 3.85. The van der Waals surface area contributed by atoms with Crippen molar-refractivity contribution in [3.05, 3.63) is 61.8 Å². The van der Waals surface area contributed by atoms with Gasteiger partial charge in [0, 0.05) is 5.41 Å². The van der Waals surface area contributed by atoms with E-state index in [1.807, 2.05) is 18.2 Å². The van der Waals surface area contributed by atoms with E-state index >= 15 is 0 Å². The summed E-state index contributed by atoms with van der Waals surface area (Å²) in [6.07, 6.45) is 19.9. The van der Waals surface area contributed by atoms with Gasteiger partial charge >= 0.3 is 0 Å². The Labute approximate surface area is 101 Å². The normalized spacial score (nSPS) is 15.9. The predicted molar refractivity (Wildman–Crippen MR) is 75.4 cm³/mol. The minimum absolute atomic E-state index is 0.0679. The molecule has 0 aromatic heterocycles. The Morgan fingerprint density at radius 2 is 1.81 bits per heavy atom. The molecule has 0 saturated heterocycles. The lowest BCUT2D eigenvalue weighted by atomic mass is 9.80. The van der Waals surface area contributed by atoms with Gasteiger partial charge < -0.3 is 0 Å². The van der Waals surface area contributed by atoms with Gasteiger partial charge in [-0.05, 0) is 26.2 Å². The van der Waals surface area contributed by atoms with Crippen LogP contribution in [0.1, 0.15) is 33.1 Å². The molecule has 0 rings (SSSR count). The second-order valence-electron chi connectivity index (χ2n) is 3.90. The van der Waals surface area contributed by atoms with Crippen LogP contribution in [0.5, 0.6) is 0 Å². The first-order valence-electron chi connectivity index (χ1n) is 5.94. The summed E-state index contributed by atoms with van der Waals surface area (Å²) in [5, 5.41) is 0. The molecule has 0 nitrogen and oxygen atoms in total. The van der Waals surface area contributed by atoms with Crippen LogP contribution in [0.25, 0.3) is 0 Å². The maximum atomic E-state index is 3.85. The quantitative estimate of drug-likeness (QED) is 0.385. The van der Waals surface area contributed by atoms with Gasteiger partial charge in [0.1, 0.15) is 0 Å². The van der Waals surface area contributed by atoms with E-state index in [0.29, 0.717) is 0 Å². The van der Waals surface area contributed by atoms with Crippen LogP contribution in [-0.4, -0.2) is 0 Å². The lowest BCUT2D eigenvalue weighted by molar-refractivity contribution is 0.506. The highest BCUT2D eigenvalue weighted by Gasteiger charge is 2.19. The number of rotatable bonds is 8. The summed E-state index contributed by atoms with van der Waals surface area (Å²) >= 11 is 0. The standard InChI is InChI=1S/C16H24/c1-5-9-13-16(12-8-4,14-10-6-2)15-11-7-3/h5-6,8-11,13,15H,1,4,7,12,14H2,2-3H3. The van der Waals surface area contributed by atoms with Gasteiger partial charge in [-0.2, -0.15) is 0 Å². The zero-order chi connectivity index (χ0) is 12.3. The minimum atomic E-state index is 0.0679. The fraction of sp³-hybridized carbons (Fsp3) is 0.375. The van der Waals surface area contributed by atoms with Crippen molar-refractivity contribution in [1.29, 1.82) is 0 Å². The molecule has 1 atom stereocenters. The molecule has 0 bridgehead atoms. The van der Waals surface area contributed by atoms with Crippen molar-refractivity contribution in [2.45, 2.75) is 33.1 Å². The first-order valence-corrected chi connectivity index (χ1v) is 5.94. The van der Waals surface area contributed by atoms with E-state index in [2.05, 4.69) is 57.4 Å². The van der Waals surface area contributed by atoms with E-state index in [-0.39, 0.29) is 5.41 Å². The van der Waals surface area contributed by atoms with Crippen molar-refractivity contribution in [2.75, 3.05) is 0 Å². The molecular formula is C16H24. The third kappa shape index (κ3) is 5.55. The van der Waals surface area contributed by atoms with Crippen LogP contribution in [-0.2, 0) is 0 Å². The van der Waals surface area contributed by atoms with Gasteiger partial charge in [-0.15, -0.1) is 6.58 Å². The Kier molecular flexibility index (Phi) is 8.24. The van der Waals surface area contributed by atoms with Crippen molar-refractivity contribution in [2.24, 2.45) is 5.41 Å². The Morgan fingerprint density at radius 3 is 2.31 bits per heavy atom. The van der Waals surface area contributed by atoms with Crippen LogP contribution in [0, 0.1) is 5.41 Å². The average Bonchev–Trinajstić information content (AvgIpc) is 2.31. The highest BCUT2D eigenvalue weighted by atomic mass is 14.2. The van der Waals surface area contributed by atoms with E-state index in [1.165, 1.54) is 0 Å². The van der Waals surface area contributed by atoms with E-state index in [4.69, 9.17) is 0 Å². The lowest BCUT2D eigenvalue weighted by Crippen LogP contribution is -2.12. The first kappa shape index (κ1) is 14.7. The molecule has 0 radical (unpaired) electrons. The second kappa shape index (κ2) is 8.96. The largest absolute Gasteiger partial charge is 0.103 e. The maximum Gasteiger partial charge on any atom is 0.0133 e. The Hall–Kier alpha value is -1.30. The van der Waals surface area contributed by atoms with Gasteiger partial charge in [0.15, 0.2) is 0 Å². The van der Waals surface area contributed by atoms with E-state index in [9.17, 15) is 0 Å². The highest BCUT2D eigenvalue weighted by Crippen LogP contribution is 2.32. The van der Waals surface area contributed by atoms with Crippen LogP contribution < -0.4 is 0 Å². The fourth-order valence-corrected chi connectivity index (χ4v) is 1.63. The monoisotopic (exact) mass is 216 g/mol. The van der Waals surface area contributed by atoms with Crippen molar-refractivity contribution in [3.63, 3.8) is 0 Å². The third-order valence-electron chi connectivity index (χ3n) is 2.51. The number of hydrogen-bond acceptors (Lipinski definition) is 0. The fourth-order valence-electron chi connectivity index (χ4n) is 1.63. The molecule has 0 saturated carbocycles. The summed E-state index contributed by atoms with van der Waals surface area (Å²) in [6.45, 7) is 11.8. The second-order valence-corrected chi connectivity index (χ2v) is 3.90. The Bertz CT molecular complexity index is 278. The molecule has 0 aromatic rings. The smallest absolute Gasteiger partial charge is 0.0133 e. The molecule has 0 aliphatic carbocycles. The predicted octanol–water partition coefficient (Wildman–Crippen LogP) is 5.22. The van der Waals surface area contributed by atoms with Crippen molar-refractivity contribution < 1.29 is 0 Å². The molecule has 16 heavy (non-hydrogen) atoms. The molecule has 0 amide bonds. The SMILES string of the molecule is C=CC=CC(C=CCC)(CC=C)CC=CC. The van der Waals surface area contributed by atoms with Gasteiger partial charge in [0.25, 0.3) is 0 Å². The van der Waals surface area contributed by atoms with E-state index in [1.54, 1.807) is 0 Å². The Morgan fingerprint density at radius 1 is 1.06 bits per heavy atom. The molecule has 0 spiro atoms. The van der Waals surface area contributed by atoms with Crippen LogP contribution >= 0.6 is 0 Å². The van der Waals surface area contributed by atoms with Crippen LogP contribution in [0.3, 0.4) is 0 Å². The Balaban J connectivity index is 5.00. The van der Waals surface area contributed by atoms with Gasteiger partial charge in [-0.25, -0.2) is 0 Å². The van der Waals surface area contributed by atoms with Gasteiger partial charge in [-0.3, -0.25) is 0 Å². The molecule has 88 valence electrons. The van der Waals surface area contributed by atoms with Crippen LogP contribution in [0.15, 0.2) is 61.8 Å². The number of allylic oxidation sites excluding steroid dienone is 8. The molecule has 0 N–H and O–H groups in total. The molecule has 0 aliphatic rings. The first-order chi connectivity index (χ1) is 7.74. The number of hydrogen-bond donors (Lipinski definition) is 0. The summed E-state index contributed by atoms with van der Waals surface area (Å²) in [7, 11) is 0. The molecule has 0 fully saturated rings. The molecule has 0 aromatic carbocycles. The van der Waals surface area contributed by atoms with Gasteiger partial charge in [0.05, 0.1) is 0 Å². The third-order valence-corrected chi connectivity index (χ3v) is 2.51. The lowest BCUT2D eigenvalue weighted by Gasteiger charge is -2.24.